The van der Waals surface area contributed by atoms with Gasteiger partial charge in [-0.3, -0.25) is 0 Å². The van der Waals surface area contributed by atoms with E-state index in [1.165, 1.54) is 13.2 Å². The van der Waals surface area contributed by atoms with Crippen LogP contribution in [0.25, 0.3) is 0 Å². The van der Waals surface area contributed by atoms with Crippen molar-refractivity contribution in [3.8, 4) is 0 Å². The largest absolute Gasteiger partial charge is 0.397 e. The lowest BCUT2D eigenvalue weighted by Gasteiger charge is -2.08. The first kappa shape index (κ1) is 12.7. The summed E-state index contributed by atoms with van der Waals surface area (Å²) in [6, 6.07) is 1.78. The molecular weight excluding hydrogens is 228 g/mol. The molecule has 0 aliphatic rings. The van der Waals surface area contributed by atoms with Crippen molar-refractivity contribution < 1.29 is 8.42 Å². The Hall–Kier alpha value is -1.34. The molecular formula is C9H16N4O2S. The van der Waals surface area contributed by atoms with Crippen molar-refractivity contribution >= 4 is 21.5 Å². The molecule has 0 aliphatic carbocycles. The fourth-order valence-electron chi connectivity index (χ4n) is 1.19. The molecule has 1 aromatic rings. The predicted molar refractivity (Wildman–Crippen MR) is 64.7 cm³/mol. The Labute approximate surface area is 95.3 Å². The van der Waals surface area contributed by atoms with E-state index in [1.54, 1.807) is 6.07 Å². The number of aryl methyl sites for hydroxylation is 1. The molecule has 0 aromatic carbocycles. The maximum absolute atomic E-state index is 11.1. The normalized spacial score (nSPS) is 11.4. The molecule has 4 N–H and O–H groups in total. The van der Waals surface area contributed by atoms with Gasteiger partial charge in [-0.1, -0.05) is 0 Å². The van der Waals surface area contributed by atoms with Crippen molar-refractivity contribution in [1.29, 1.82) is 0 Å². The zero-order valence-corrected chi connectivity index (χ0v) is 10.1. The van der Waals surface area contributed by atoms with Crippen LogP contribution in [0.3, 0.4) is 0 Å². The lowest BCUT2D eigenvalue weighted by Crippen LogP contribution is -2.26. The first-order valence-electron chi connectivity index (χ1n) is 4.82. The molecule has 1 heterocycles. The van der Waals surface area contributed by atoms with Crippen LogP contribution < -0.4 is 15.8 Å². The summed E-state index contributed by atoms with van der Waals surface area (Å²) in [6.45, 7) is 2.17. The molecule has 1 rings (SSSR count). The van der Waals surface area contributed by atoms with Crippen LogP contribution in [-0.2, 0) is 10.0 Å². The number of nitrogens with zero attached hydrogens (tertiary/aromatic N) is 1. The standard InChI is InChI=1S/C9H16N4O2S/c1-7-5-8(10)6-13-9(7)12-3-4-16(14,15)11-2/h5-6,11H,3-4,10H2,1-2H3,(H,12,13). The van der Waals surface area contributed by atoms with Gasteiger partial charge in [0.2, 0.25) is 10.0 Å². The van der Waals surface area contributed by atoms with E-state index >= 15 is 0 Å². The topological polar surface area (TPSA) is 97.1 Å². The molecule has 0 aliphatic heterocycles. The first-order valence-corrected chi connectivity index (χ1v) is 6.47. The molecule has 0 saturated carbocycles. The Morgan fingerprint density at radius 1 is 1.50 bits per heavy atom. The van der Waals surface area contributed by atoms with E-state index in [4.69, 9.17) is 5.73 Å². The summed E-state index contributed by atoms with van der Waals surface area (Å²) in [5, 5.41) is 2.94. The third kappa shape index (κ3) is 3.67. The van der Waals surface area contributed by atoms with Crippen molar-refractivity contribution in [1.82, 2.24) is 9.71 Å². The number of anilines is 2. The zero-order chi connectivity index (χ0) is 12.2. The Kier molecular flexibility index (Phi) is 4.08. The van der Waals surface area contributed by atoms with Gasteiger partial charge in [0.15, 0.2) is 0 Å². The van der Waals surface area contributed by atoms with Gasteiger partial charge in [0.1, 0.15) is 5.82 Å². The summed E-state index contributed by atoms with van der Waals surface area (Å²) in [6.07, 6.45) is 1.53. The molecule has 0 atom stereocenters. The van der Waals surface area contributed by atoms with Crippen molar-refractivity contribution in [2.24, 2.45) is 0 Å². The van der Waals surface area contributed by atoms with Gasteiger partial charge in [-0.2, -0.15) is 0 Å². The quantitative estimate of drug-likeness (QED) is 0.674. The fourth-order valence-corrected chi connectivity index (χ4v) is 1.76. The highest BCUT2D eigenvalue weighted by atomic mass is 32.2. The van der Waals surface area contributed by atoms with E-state index in [-0.39, 0.29) is 5.75 Å². The maximum atomic E-state index is 11.1. The van der Waals surface area contributed by atoms with Crippen molar-refractivity contribution in [3.05, 3.63) is 17.8 Å². The summed E-state index contributed by atoms with van der Waals surface area (Å²) in [5.74, 6) is 0.662. The highest BCUT2D eigenvalue weighted by Crippen LogP contribution is 2.13. The number of hydrogen-bond acceptors (Lipinski definition) is 5. The van der Waals surface area contributed by atoms with E-state index in [9.17, 15) is 8.42 Å². The molecule has 0 amide bonds. The van der Waals surface area contributed by atoms with Crippen molar-refractivity contribution in [3.63, 3.8) is 0 Å². The summed E-state index contributed by atoms with van der Waals surface area (Å²) in [7, 11) is -1.78. The smallest absolute Gasteiger partial charge is 0.213 e. The monoisotopic (exact) mass is 244 g/mol. The number of nitrogens with one attached hydrogen (secondary N) is 2. The van der Waals surface area contributed by atoms with Crippen molar-refractivity contribution in [2.75, 3.05) is 30.4 Å². The molecule has 0 unspecified atom stereocenters. The third-order valence-corrected chi connectivity index (χ3v) is 3.44. The molecule has 0 radical (unpaired) electrons. The van der Waals surface area contributed by atoms with Crippen LogP contribution in [0.2, 0.25) is 0 Å². The van der Waals surface area contributed by atoms with Gasteiger partial charge in [-0.15, -0.1) is 0 Å². The van der Waals surface area contributed by atoms with E-state index in [0.717, 1.165) is 5.56 Å². The van der Waals surface area contributed by atoms with Crippen LogP contribution in [0.5, 0.6) is 0 Å². The number of pyridine rings is 1. The molecule has 16 heavy (non-hydrogen) atoms. The number of aromatic nitrogens is 1. The lowest BCUT2D eigenvalue weighted by atomic mass is 10.2. The average Bonchev–Trinajstić information content (AvgIpc) is 2.21. The van der Waals surface area contributed by atoms with Gasteiger partial charge >= 0.3 is 0 Å². The molecule has 0 saturated heterocycles. The summed E-state index contributed by atoms with van der Waals surface area (Å²) in [5.41, 5.74) is 7.03. The SMILES string of the molecule is CNS(=O)(=O)CCNc1ncc(N)cc1C. The van der Waals surface area contributed by atoms with E-state index < -0.39 is 10.0 Å². The molecule has 6 nitrogen and oxygen atoms in total. The van der Waals surface area contributed by atoms with Gasteiger partial charge in [-0.05, 0) is 25.6 Å². The summed E-state index contributed by atoms with van der Waals surface area (Å²) in [4.78, 5) is 4.07. The van der Waals surface area contributed by atoms with E-state index in [0.29, 0.717) is 18.1 Å². The maximum Gasteiger partial charge on any atom is 0.213 e. The number of rotatable bonds is 5. The Bertz CT molecular complexity index is 459. The molecule has 0 spiro atoms. The second-order valence-corrected chi connectivity index (χ2v) is 5.43. The second kappa shape index (κ2) is 5.13. The first-order chi connectivity index (χ1) is 7.44. The number of sulfonamides is 1. The van der Waals surface area contributed by atoms with Gasteiger partial charge in [0.05, 0.1) is 17.6 Å². The van der Waals surface area contributed by atoms with Crippen LogP contribution in [0.1, 0.15) is 5.56 Å². The predicted octanol–water partition coefficient (Wildman–Crippen LogP) is -0.0667. The van der Waals surface area contributed by atoms with Gasteiger partial charge in [-0.25, -0.2) is 18.1 Å². The average molecular weight is 244 g/mol. The fraction of sp³-hybridized carbons (Fsp3) is 0.444. The van der Waals surface area contributed by atoms with Gasteiger partial charge in [0, 0.05) is 6.54 Å². The third-order valence-electron chi connectivity index (χ3n) is 2.07. The number of hydrogen-bond donors (Lipinski definition) is 3. The van der Waals surface area contributed by atoms with Gasteiger partial charge in [0.25, 0.3) is 0 Å². The second-order valence-electron chi connectivity index (χ2n) is 3.38. The van der Waals surface area contributed by atoms with E-state index in [1.807, 2.05) is 6.92 Å². The summed E-state index contributed by atoms with van der Waals surface area (Å²) < 4.78 is 24.5. The molecule has 0 fully saturated rings. The van der Waals surface area contributed by atoms with Crippen LogP contribution in [0.4, 0.5) is 11.5 Å². The lowest BCUT2D eigenvalue weighted by molar-refractivity contribution is 0.588. The van der Waals surface area contributed by atoms with Crippen LogP contribution >= 0.6 is 0 Å². The van der Waals surface area contributed by atoms with Gasteiger partial charge < -0.3 is 11.1 Å². The molecule has 1 aromatic heterocycles. The highest BCUT2D eigenvalue weighted by molar-refractivity contribution is 7.89. The minimum absolute atomic E-state index is 0.00893. The highest BCUT2D eigenvalue weighted by Gasteiger charge is 2.06. The zero-order valence-electron chi connectivity index (χ0n) is 9.32. The van der Waals surface area contributed by atoms with Crippen LogP contribution in [0, 0.1) is 6.92 Å². The molecule has 90 valence electrons. The minimum Gasteiger partial charge on any atom is -0.397 e. The Morgan fingerprint density at radius 2 is 2.19 bits per heavy atom. The van der Waals surface area contributed by atoms with E-state index in [2.05, 4.69) is 15.0 Å². The Balaban J connectivity index is 2.56. The van der Waals surface area contributed by atoms with Crippen LogP contribution in [0.15, 0.2) is 12.3 Å². The summed E-state index contributed by atoms with van der Waals surface area (Å²) >= 11 is 0. The number of nitrogen functional groups attached to an aromatic ring is 1. The Morgan fingerprint density at radius 3 is 2.75 bits per heavy atom. The molecule has 0 bridgehead atoms. The van der Waals surface area contributed by atoms with Crippen molar-refractivity contribution in [2.45, 2.75) is 6.92 Å². The van der Waals surface area contributed by atoms with Crippen LogP contribution in [-0.4, -0.2) is 32.7 Å². The minimum atomic E-state index is -3.18. The number of nitrogens with two attached hydrogens (primary N) is 1. The molecule has 7 heteroatoms.